The number of nitrogens with zero attached hydrogens (tertiary/aromatic N) is 4. The maximum atomic E-state index is 9.10. The van der Waals surface area contributed by atoms with Crippen LogP contribution in [-0.4, -0.2) is 68.1 Å². The first kappa shape index (κ1) is 19.5. The van der Waals surface area contributed by atoms with Crippen LogP contribution in [0.4, 0.5) is 0 Å². The summed E-state index contributed by atoms with van der Waals surface area (Å²) in [5.74, 6) is -3.65. The smallest absolute Gasteiger partial charge is 0.414 e. The number of carbonyl (C=O) groups is 2. The Kier molecular flexibility index (Phi) is 7.66. The van der Waals surface area contributed by atoms with Crippen LogP contribution >= 0.6 is 0 Å². The van der Waals surface area contributed by atoms with Crippen LogP contribution < -0.4 is 0 Å². The summed E-state index contributed by atoms with van der Waals surface area (Å²) in [5, 5.41) is 14.8. The Labute approximate surface area is 151 Å². The molecule has 8 heteroatoms. The van der Waals surface area contributed by atoms with Gasteiger partial charge in [-0.3, -0.25) is 19.8 Å². The van der Waals surface area contributed by atoms with Gasteiger partial charge in [0.2, 0.25) is 0 Å². The van der Waals surface area contributed by atoms with Crippen molar-refractivity contribution < 1.29 is 19.8 Å². The van der Waals surface area contributed by atoms with E-state index in [2.05, 4.69) is 44.0 Å². The minimum atomic E-state index is -1.82. The summed E-state index contributed by atoms with van der Waals surface area (Å²) in [6, 6.07) is 10.3. The molecule has 138 valence electrons. The van der Waals surface area contributed by atoms with Crippen LogP contribution in [0.15, 0.2) is 48.9 Å². The predicted molar refractivity (Wildman–Crippen MR) is 94.3 cm³/mol. The van der Waals surface area contributed by atoms with Gasteiger partial charge < -0.3 is 10.2 Å². The monoisotopic (exact) mass is 358 g/mol. The maximum Gasteiger partial charge on any atom is 0.414 e. The number of hydrogen-bond acceptors (Lipinski definition) is 6. The van der Waals surface area contributed by atoms with Crippen molar-refractivity contribution in [3.63, 3.8) is 0 Å². The van der Waals surface area contributed by atoms with Crippen LogP contribution in [0, 0.1) is 0 Å². The zero-order valence-electron chi connectivity index (χ0n) is 14.4. The molecule has 0 atom stereocenters. The molecule has 1 aliphatic heterocycles. The van der Waals surface area contributed by atoms with E-state index in [1.54, 1.807) is 0 Å². The summed E-state index contributed by atoms with van der Waals surface area (Å²) in [6.45, 7) is 6.46. The third kappa shape index (κ3) is 6.96. The molecule has 0 radical (unpaired) electrons. The number of aliphatic carboxylic acids is 2. The molecule has 2 aromatic heterocycles. The van der Waals surface area contributed by atoms with E-state index in [0.717, 1.165) is 45.0 Å². The number of carboxylic acids is 2. The SMILES string of the molecule is O=C(O)C(=O)O.c1ccc(CN2CCN(Cc3ccncc3)CC2)nc1. The Bertz CT molecular complexity index is 627. The molecule has 26 heavy (non-hydrogen) atoms. The van der Waals surface area contributed by atoms with E-state index >= 15 is 0 Å². The number of rotatable bonds is 4. The van der Waals surface area contributed by atoms with Gasteiger partial charge in [0, 0.05) is 57.9 Å². The van der Waals surface area contributed by atoms with Gasteiger partial charge in [0.05, 0.1) is 5.69 Å². The Morgan fingerprint density at radius 1 is 0.846 bits per heavy atom. The largest absolute Gasteiger partial charge is 0.473 e. The van der Waals surface area contributed by atoms with Crippen LogP contribution in [0.25, 0.3) is 0 Å². The summed E-state index contributed by atoms with van der Waals surface area (Å²) in [6.07, 6.45) is 5.61. The highest BCUT2D eigenvalue weighted by atomic mass is 16.4. The summed E-state index contributed by atoms with van der Waals surface area (Å²) >= 11 is 0. The first-order chi connectivity index (χ1) is 12.5. The lowest BCUT2D eigenvalue weighted by molar-refractivity contribution is -0.159. The third-order valence-electron chi connectivity index (χ3n) is 3.92. The summed E-state index contributed by atoms with van der Waals surface area (Å²) < 4.78 is 0. The van der Waals surface area contributed by atoms with Crippen molar-refractivity contribution in [1.29, 1.82) is 0 Å². The fourth-order valence-electron chi connectivity index (χ4n) is 2.57. The zero-order chi connectivity index (χ0) is 18.8. The fourth-order valence-corrected chi connectivity index (χ4v) is 2.57. The van der Waals surface area contributed by atoms with Gasteiger partial charge in [-0.1, -0.05) is 6.07 Å². The molecule has 0 aliphatic carbocycles. The summed E-state index contributed by atoms with van der Waals surface area (Å²) in [7, 11) is 0. The van der Waals surface area contributed by atoms with Gasteiger partial charge in [0.25, 0.3) is 0 Å². The molecule has 0 saturated carbocycles. The second-order valence-corrected chi connectivity index (χ2v) is 5.84. The Morgan fingerprint density at radius 2 is 1.42 bits per heavy atom. The lowest BCUT2D eigenvalue weighted by Crippen LogP contribution is -2.45. The maximum absolute atomic E-state index is 9.10. The first-order valence-corrected chi connectivity index (χ1v) is 8.24. The predicted octanol–water partition coefficient (Wildman–Crippen LogP) is 0.950. The second kappa shape index (κ2) is 10.2. The summed E-state index contributed by atoms with van der Waals surface area (Å²) in [4.78, 5) is 31.6. The molecule has 1 aliphatic rings. The molecule has 2 N–H and O–H groups in total. The minimum Gasteiger partial charge on any atom is -0.473 e. The van der Waals surface area contributed by atoms with E-state index in [-0.39, 0.29) is 0 Å². The molecule has 0 unspecified atom stereocenters. The topological polar surface area (TPSA) is 107 Å². The van der Waals surface area contributed by atoms with E-state index in [0.29, 0.717) is 0 Å². The Hall–Kier alpha value is -2.84. The molecule has 0 bridgehead atoms. The molecule has 0 amide bonds. The third-order valence-corrected chi connectivity index (χ3v) is 3.92. The molecule has 0 aromatic carbocycles. The quantitative estimate of drug-likeness (QED) is 0.778. The van der Waals surface area contributed by atoms with Crippen molar-refractivity contribution >= 4 is 11.9 Å². The van der Waals surface area contributed by atoms with Crippen LogP contribution in [0.2, 0.25) is 0 Å². The Morgan fingerprint density at radius 3 is 1.92 bits per heavy atom. The molecule has 3 heterocycles. The number of aromatic nitrogens is 2. The fraction of sp³-hybridized carbons (Fsp3) is 0.333. The zero-order valence-corrected chi connectivity index (χ0v) is 14.4. The van der Waals surface area contributed by atoms with Gasteiger partial charge in [0.15, 0.2) is 0 Å². The lowest BCUT2D eigenvalue weighted by Gasteiger charge is -2.34. The van der Waals surface area contributed by atoms with E-state index < -0.39 is 11.9 Å². The normalized spacial score (nSPS) is 14.9. The van der Waals surface area contributed by atoms with E-state index in [1.807, 2.05) is 24.7 Å². The number of piperazine rings is 1. The van der Waals surface area contributed by atoms with Crippen molar-refractivity contribution in [2.75, 3.05) is 26.2 Å². The molecule has 0 spiro atoms. The number of pyridine rings is 2. The average Bonchev–Trinajstić information content (AvgIpc) is 2.65. The van der Waals surface area contributed by atoms with Crippen LogP contribution in [0.3, 0.4) is 0 Å². The van der Waals surface area contributed by atoms with Crippen molar-refractivity contribution in [2.45, 2.75) is 13.1 Å². The number of hydrogen-bond donors (Lipinski definition) is 2. The molecule has 1 saturated heterocycles. The van der Waals surface area contributed by atoms with Crippen LogP contribution in [0.1, 0.15) is 11.3 Å². The Balaban J connectivity index is 0.000000352. The van der Waals surface area contributed by atoms with Crippen molar-refractivity contribution in [3.05, 3.63) is 60.2 Å². The van der Waals surface area contributed by atoms with Gasteiger partial charge in [-0.25, -0.2) is 9.59 Å². The standard InChI is InChI=1S/C16H20N4.C2H2O4/c1-2-6-18-16(3-1)14-20-11-9-19(10-12-20)13-15-4-7-17-8-5-15;3-1(4)2(5)6/h1-8H,9-14H2;(H,3,4)(H,5,6). The van der Waals surface area contributed by atoms with Gasteiger partial charge >= 0.3 is 11.9 Å². The highest BCUT2D eigenvalue weighted by Gasteiger charge is 2.17. The highest BCUT2D eigenvalue weighted by Crippen LogP contribution is 2.09. The van der Waals surface area contributed by atoms with Gasteiger partial charge in [-0.2, -0.15) is 0 Å². The molecule has 3 rings (SSSR count). The molecule has 1 fully saturated rings. The highest BCUT2D eigenvalue weighted by molar-refractivity contribution is 6.27. The number of carboxylic acid groups (broad SMARTS) is 2. The molecule has 8 nitrogen and oxygen atoms in total. The first-order valence-electron chi connectivity index (χ1n) is 8.24. The second-order valence-electron chi connectivity index (χ2n) is 5.84. The van der Waals surface area contributed by atoms with E-state index in [9.17, 15) is 0 Å². The lowest BCUT2D eigenvalue weighted by atomic mass is 10.2. The van der Waals surface area contributed by atoms with Crippen molar-refractivity contribution in [1.82, 2.24) is 19.8 Å². The van der Waals surface area contributed by atoms with Crippen molar-refractivity contribution in [3.8, 4) is 0 Å². The van der Waals surface area contributed by atoms with Crippen molar-refractivity contribution in [2.24, 2.45) is 0 Å². The van der Waals surface area contributed by atoms with Gasteiger partial charge in [-0.05, 0) is 29.8 Å². The summed E-state index contributed by atoms with van der Waals surface area (Å²) in [5.41, 5.74) is 2.51. The van der Waals surface area contributed by atoms with Crippen LogP contribution in [0.5, 0.6) is 0 Å². The molecule has 2 aromatic rings. The van der Waals surface area contributed by atoms with Gasteiger partial charge in [0.1, 0.15) is 0 Å². The molecular formula is C18H22N4O4. The minimum absolute atomic E-state index is 0.962. The molecular weight excluding hydrogens is 336 g/mol. The van der Waals surface area contributed by atoms with E-state index in [1.165, 1.54) is 5.56 Å². The van der Waals surface area contributed by atoms with E-state index in [4.69, 9.17) is 19.8 Å². The van der Waals surface area contributed by atoms with Gasteiger partial charge in [-0.15, -0.1) is 0 Å². The average molecular weight is 358 g/mol. The van der Waals surface area contributed by atoms with Crippen LogP contribution in [-0.2, 0) is 22.7 Å².